The van der Waals surface area contributed by atoms with Crippen LogP contribution in [-0.2, 0) is 10.0 Å². The zero-order valence-electron chi connectivity index (χ0n) is 13.3. The van der Waals surface area contributed by atoms with Crippen LogP contribution in [0.2, 0.25) is 5.02 Å². The number of hydrogen-bond acceptors (Lipinski definition) is 5. The normalized spacial score (nSPS) is 10.8. The predicted molar refractivity (Wildman–Crippen MR) is 94.2 cm³/mol. The number of halogens is 1. The fourth-order valence-corrected chi connectivity index (χ4v) is 3.08. The predicted octanol–water partition coefficient (Wildman–Crippen LogP) is 2.75. The molecule has 2 amide bonds. The average Bonchev–Trinajstić information content (AvgIpc) is 2.54. The SMILES string of the molecule is CC(=O)c1ccc(S(=O)(=O)NC(=O)Nc2cc(Cl)ccc2C(=O)O)cc1. The van der Waals surface area contributed by atoms with E-state index in [-0.39, 0.29) is 27.0 Å². The van der Waals surface area contributed by atoms with Crippen LogP contribution >= 0.6 is 11.6 Å². The van der Waals surface area contributed by atoms with E-state index in [2.05, 4.69) is 5.32 Å². The molecule has 0 spiro atoms. The Morgan fingerprint density at radius 1 is 1.04 bits per heavy atom. The summed E-state index contributed by atoms with van der Waals surface area (Å²) in [4.78, 5) is 34.1. The number of carboxylic acids is 1. The van der Waals surface area contributed by atoms with Crippen LogP contribution in [0.15, 0.2) is 47.4 Å². The molecule has 0 saturated carbocycles. The van der Waals surface area contributed by atoms with E-state index in [0.29, 0.717) is 5.56 Å². The number of hydrogen-bond donors (Lipinski definition) is 3. The molecule has 2 aromatic rings. The molecule has 10 heteroatoms. The van der Waals surface area contributed by atoms with Crippen molar-refractivity contribution in [3.63, 3.8) is 0 Å². The first kappa shape index (κ1) is 19.4. The van der Waals surface area contributed by atoms with Crippen LogP contribution in [0.4, 0.5) is 10.5 Å². The van der Waals surface area contributed by atoms with Crippen molar-refractivity contribution in [3.05, 3.63) is 58.6 Å². The van der Waals surface area contributed by atoms with Gasteiger partial charge in [-0.1, -0.05) is 23.7 Å². The van der Waals surface area contributed by atoms with Gasteiger partial charge in [0, 0.05) is 10.6 Å². The van der Waals surface area contributed by atoms with E-state index in [9.17, 15) is 22.8 Å². The van der Waals surface area contributed by atoms with Crippen molar-refractivity contribution in [2.24, 2.45) is 0 Å². The Kier molecular flexibility index (Phi) is 5.63. The molecule has 0 radical (unpaired) electrons. The fourth-order valence-electron chi connectivity index (χ4n) is 2.00. The Balaban J connectivity index is 2.20. The summed E-state index contributed by atoms with van der Waals surface area (Å²) in [7, 11) is -4.22. The first-order valence-corrected chi connectivity index (χ1v) is 8.94. The fraction of sp³-hybridized carbons (Fsp3) is 0.0625. The summed E-state index contributed by atoms with van der Waals surface area (Å²) >= 11 is 5.76. The van der Waals surface area contributed by atoms with E-state index >= 15 is 0 Å². The molecule has 3 N–H and O–H groups in total. The van der Waals surface area contributed by atoms with Crippen LogP contribution in [0.25, 0.3) is 0 Å². The van der Waals surface area contributed by atoms with Crippen molar-refractivity contribution in [1.82, 2.24) is 4.72 Å². The molecule has 0 unspecified atom stereocenters. The minimum absolute atomic E-state index is 0.160. The number of nitrogens with one attached hydrogen (secondary N) is 2. The van der Waals surface area contributed by atoms with Crippen molar-refractivity contribution >= 4 is 45.1 Å². The van der Waals surface area contributed by atoms with Gasteiger partial charge in [0.2, 0.25) is 0 Å². The lowest BCUT2D eigenvalue weighted by Crippen LogP contribution is -2.34. The summed E-state index contributed by atoms with van der Waals surface area (Å²) in [6.45, 7) is 1.33. The van der Waals surface area contributed by atoms with Gasteiger partial charge in [-0.3, -0.25) is 4.79 Å². The molecule has 0 heterocycles. The molecule has 136 valence electrons. The molecule has 0 aliphatic rings. The Hall–Kier alpha value is -2.91. The average molecular weight is 397 g/mol. The van der Waals surface area contributed by atoms with E-state index < -0.39 is 22.0 Å². The van der Waals surface area contributed by atoms with Crippen LogP contribution in [0, 0.1) is 0 Å². The van der Waals surface area contributed by atoms with Gasteiger partial charge in [-0.2, -0.15) is 0 Å². The summed E-state index contributed by atoms with van der Waals surface area (Å²) in [6, 6.07) is 7.49. The maximum Gasteiger partial charge on any atom is 0.337 e. The highest BCUT2D eigenvalue weighted by atomic mass is 35.5. The summed E-state index contributed by atoms with van der Waals surface area (Å²) < 4.78 is 26.2. The number of ketones is 1. The van der Waals surface area contributed by atoms with E-state index in [1.807, 2.05) is 0 Å². The molecule has 26 heavy (non-hydrogen) atoms. The number of amides is 2. The van der Waals surface area contributed by atoms with Crippen molar-refractivity contribution in [3.8, 4) is 0 Å². The largest absolute Gasteiger partial charge is 0.478 e. The third-order valence-electron chi connectivity index (χ3n) is 3.26. The lowest BCUT2D eigenvalue weighted by atomic mass is 10.2. The Morgan fingerprint density at radius 3 is 2.19 bits per heavy atom. The number of sulfonamides is 1. The standard InChI is InChI=1S/C16H13ClN2O6S/c1-9(20)10-2-5-12(6-3-10)26(24,25)19-16(23)18-14-8-11(17)4-7-13(14)15(21)22/h2-8H,1H3,(H,21,22)(H2,18,19,23). The Bertz CT molecular complexity index is 986. The van der Waals surface area contributed by atoms with Crippen LogP contribution in [0.1, 0.15) is 27.6 Å². The van der Waals surface area contributed by atoms with Gasteiger partial charge in [0.05, 0.1) is 16.1 Å². The molecular weight excluding hydrogens is 384 g/mol. The molecule has 0 atom stereocenters. The highest BCUT2D eigenvalue weighted by Crippen LogP contribution is 2.21. The van der Waals surface area contributed by atoms with E-state index in [1.165, 1.54) is 49.4 Å². The van der Waals surface area contributed by atoms with E-state index in [1.54, 1.807) is 4.72 Å². The summed E-state index contributed by atoms with van der Waals surface area (Å²) in [6.07, 6.45) is 0. The Morgan fingerprint density at radius 2 is 1.65 bits per heavy atom. The number of benzene rings is 2. The van der Waals surface area contributed by atoms with Gasteiger partial charge in [0.1, 0.15) is 0 Å². The lowest BCUT2D eigenvalue weighted by Gasteiger charge is -2.11. The van der Waals surface area contributed by atoms with Crippen LogP contribution < -0.4 is 10.0 Å². The van der Waals surface area contributed by atoms with E-state index in [4.69, 9.17) is 16.7 Å². The molecule has 2 aromatic carbocycles. The van der Waals surface area contributed by atoms with Gasteiger partial charge in [-0.25, -0.2) is 22.7 Å². The quantitative estimate of drug-likeness (QED) is 0.666. The molecule has 8 nitrogen and oxygen atoms in total. The molecule has 2 rings (SSSR count). The number of urea groups is 1. The monoisotopic (exact) mass is 396 g/mol. The van der Waals surface area contributed by atoms with Gasteiger partial charge < -0.3 is 10.4 Å². The highest BCUT2D eigenvalue weighted by molar-refractivity contribution is 7.90. The maximum atomic E-state index is 12.2. The summed E-state index contributed by atoms with van der Waals surface area (Å²) in [5, 5.41) is 11.4. The molecular formula is C16H13ClN2O6S. The molecule has 0 saturated heterocycles. The lowest BCUT2D eigenvalue weighted by molar-refractivity contribution is 0.0697. The number of anilines is 1. The number of Topliss-reactive ketones (excluding diaryl/α,β-unsaturated/α-hetero) is 1. The van der Waals surface area contributed by atoms with E-state index in [0.717, 1.165) is 0 Å². The molecule has 0 bridgehead atoms. The highest BCUT2D eigenvalue weighted by Gasteiger charge is 2.20. The van der Waals surface area contributed by atoms with Gasteiger partial charge in [-0.05, 0) is 37.3 Å². The van der Waals surface area contributed by atoms with Crippen molar-refractivity contribution in [2.45, 2.75) is 11.8 Å². The molecule has 0 fully saturated rings. The van der Waals surface area contributed by atoms with Gasteiger partial charge >= 0.3 is 12.0 Å². The molecule has 0 aromatic heterocycles. The number of carboxylic acid groups (broad SMARTS) is 1. The van der Waals surface area contributed by atoms with Crippen LogP contribution in [0.5, 0.6) is 0 Å². The second kappa shape index (κ2) is 7.54. The number of carbonyl (C=O) groups excluding carboxylic acids is 2. The topological polar surface area (TPSA) is 130 Å². The molecule has 0 aliphatic heterocycles. The van der Waals surface area contributed by atoms with Gasteiger partial charge in [0.15, 0.2) is 5.78 Å². The number of aromatic carboxylic acids is 1. The summed E-state index contributed by atoms with van der Waals surface area (Å²) in [5.41, 5.74) is -0.101. The first-order chi connectivity index (χ1) is 12.1. The molecule has 0 aliphatic carbocycles. The zero-order chi connectivity index (χ0) is 19.5. The van der Waals surface area contributed by atoms with Gasteiger partial charge in [-0.15, -0.1) is 0 Å². The zero-order valence-corrected chi connectivity index (χ0v) is 14.9. The summed E-state index contributed by atoms with van der Waals surface area (Å²) in [5.74, 6) is -1.55. The first-order valence-electron chi connectivity index (χ1n) is 7.08. The van der Waals surface area contributed by atoms with Crippen molar-refractivity contribution < 1.29 is 27.9 Å². The minimum Gasteiger partial charge on any atom is -0.478 e. The third-order valence-corrected chi connectivity index (χ3v) is 4.84. The van der Waals surface area contributed by atoms with Crippen molar-refractivity contribution in [2.75, 3.05) is 5.32 Å². The number of carbonyl (C=O) groups is 3. The van der Waals surface area contributed by atoms with Crippen molar-refractivity contribution in [1.29, 1.82) is 0 Å². The van der Waals surface area contributed by atoms with Crippen LogP contribution in [-0.4, -0.2) is 31.3 Å². The smallest absolute Gasteiger partial charge is 0.337 e. The minimum atomic E-state index is -4.22. The van der Waals surface area contributed by atoms with Gasteiger partial charge in [0.25, 0.3) is 10.0 Å². The maximum absolute atomic E-state index is 12.2. The second-order valence-electron chi connectivity index (χ2n) is 5.14. The third kappa shape index (κ3) is 4.58. The van der Waals surface area contributed by atoms with Crippen LogP contribution in [0.3, 0.4) is 0 Å². The Labute approximate surface area is 153 Å². The number of rotatable bonds is 5. The second-order valence-corrected chi connectivity index (χ2v) is 7.25.